The van der Waals surface area contributed by atoms with Crippen molar-refractivity contribution in [3.63, 3.8) is 0 Å². The molecule has 0 fully saturated rings. The van der Waals surface area contributed by atoms with Crippen molar-refractivity contribution in [3.8, 4) is 5.69 Å². The average molecular weight is 341 g/mol. The molecule has 26 heavy (non-hydrogen) atoms. The minimum atomic E-state index is 0.818. The molecule has 2 aromatic heterocycles. The van der Waals surface area contributed by atoms with Crippen molar-refractivity contribution in [2.24, 2.45) is 0 Å². The summed E-state index contributed by atoms with van der Waals surface area (Å²) in [5.41, 5.74) is 7.12. The van der Waals surface area contributed by atoms with Crippen LogP contribution >= 0.6 is 0 Å². The minimum Gasteiger partial charge on any atom is -0.361 e. The smallest absolute Gasteiger partial charge is 0.0648 e. The standard InChI is InChI=1S/C23H23N3/c1-3-7-23-20(16-25-26(23)21-8-5-4-6-9-21)14-17(2)18-10-11-22-19(15-18)12-13-24-22/h4-6,8-13,15-16,24H,2-3,7,14H2,1H3. The molecule has 0 saturated heterocycles. The third kappa shape index (κ3) is 3.08. The van der Waals surface area contributed by atoms with Crippen LogP contribution in [0, 0.1) is 0 Å². The molecule has 0 aliphatic heterocycles. The fourth-order valence-electron chi connectivity index (χ4n) is 3.46. The number of aromatic nitrogens is 3. The summed E-state index contributed by atoms with van der Waals surface area (Å²) in [6.07, 6.45) is 6.89. The van der Waals surface area contributed by atoms with E-state index >= 15 is 0 Å². The molecule has 130 valence electrons. The zero-order valence-electron chi connectivity index (χ0n) is 15.1. The number of nitrogens with zero attached hydrogens (tertiary/aromatic N) is 2. The molecule has 0 saturated carbocycles. The van der Waals surface area contributed by atoms with Gasteiger partial charge in [0.1, 0.15) is 0 Å². The van der Waals surface area contributed by atoms with Gasteiger partial charge in [-0.25, -0.2) is 4.68 Å². The zero-order chi connectivity index (χ0) is 17.9. The zero-order valence-corrected chi connectivity index (χ0v) is 15.1. The molecule has 0 aliphatic carbocycles. The quantitative estimate of drug-likeness (QED) is 0.489. The third-order valence-electron chi connectivity index (χ3n) is 4.81. The number of hydrogen-bond donors (Lipinski definition) is 1. The lowest BCUT2D eigenvalue weighted by Gasteiger charge is -2.10. The number of benzene rings is 2. The van der Waals surface area contributed by atoms with Gasteiger partial charge in [-0.05, 0) is 58.8 Å². The summed E-state index contributed by atoms with van der Waals surface area (Å²) in [5, 5.41) is 5.88. The minimum absolute atomic E-state index is 0.818. The number of allylic oxidation sites excluding steroid dienone is 1. The molecule has 2 aromatic carbocycles. The highest BCUT2D eigenvalue weighted by Crippen LogP contribution is 2.25. The van der Waals surface area contributed by atoms with E-state index in [1.165, 1.54) is 22.2 Å². The van der Waals surface area contributed by atoms with Crippen LogP contribution in [-0.4, -0.2) is 14.8 Å². The molecule has 0 aliphatic rings. The van der Waals surface area contributed by atoms with E-state index < -0.39 is 0 Å². The molecule has 4 rings (SSSR count). The molecule has 1 N–H and O–H groups in total. The maximum Gasteiger partial charge on any atom is 0.0648 e. The highest BCUT2D eigenvalue weighted by Gasteiger charge is 2.13. The molecule has 0 spiro atoms. The van der Waals surface area contributed by atoms with Crippen LogP contribution in [0.4, 0.5) is 0 Å². The number of hydrogen-bond acceptors (Lipinski definition) is 1. The van der Waals surface area contributed by atoms with Crippen molar-refractivity contribution in [2.45, 2.75) is 26.2 Å². The normalized spacial score (nSPS) is 11.1. The summed E-state index contributed by atoms with van der Waals surface area (Å²) in [7, 11) is 0. The lowest BCUT2D eigenvalue weighted by molar-refractivity contribution is 0.770. The van der Waals surface area contributed by atoms with Gasteiger partial charge in [-0.1, -0.05) is 44.2 Å². The number of H-pyrrole nitrogens is 1. The second-order valence-corrected chi connectivity index (χ2v) is 6.67. The van der Waals surface area contributed by atoms with E-state index in [4.69, 9.17) is 0 Å². The first-order valence-corrected chi connectivity index (χ1v) is 9.12. The molecule has 3 heteroatoms. The predicted octanol–water partition coefficient (Wildman–Crippen LogP) is 5.56. The molecule has 2 heterocycles. The van der Waals surface area contributed by atoms with Crippen LogP contribution < -0.4 is 0 Å². The number of aromatic amines is 1. The van der Waals surface area contributed by atoms with E-state index in [1.807, 2.05) is 18.5 Å². The molecule has 0 amide bonds. The van der Waals surface area contributed by atoms with Crippen LogP contribution in [0.25, 0.3) is 22.2 Å². The van der Waals surface area contributed by atoms with Gasteiger partial charge in [0.25, 0.3) is 0 Å². The van der Waals surface area contributed by atoms with Crippen LogP contribution in [-0.2, 0) is 12.8 Å². The Kier molecular flexibility index (Phi) is 4.44. The van der Waals surface area contributed by atoms with Crippen molar-refractivity contribution in [1.82, 2.24) is 14.8 Å². The van der Waals surface area contributed by atoms with Crippen LogP contribution in [0.1, 0.15) is 30.2 Å². The monoisotopic (exact) mass is 341 g/mol. The molecular formula is C23H23N3. The summed E-state index contributed by atoms with van der Waals surface area (Å²) in [4.78, 5) is 3.24. The second kappa shape index (κ2) is 7.04. The van der Waals surface area contributed by atoms with Gasteiger partial charge in [-0.15, -0.1) is 0 Å². The van der Waals surface area contributed by atoms with Gasteiger partial charge in [-0.2, -0.15) is 5.10 Å². The van der Waals surface area contributed by atoms with Gasteiger partial charge in [0.2, 0.25) is 0 Å². The van der Waals surface area contributed by atoms with Gasteiger partial charge in [0.05, 0.1) is 11.9 Å². The first kappa shape index (κ1) is 16.4. The first-order valence-electron chi connectivity index (χ1n) is 9.12. The van der Waals surface area contributed by atoms with Crippen molar-refractivity contribution in [3.05, 3.63) is 90.4 Å². The highest BCUT2D eigenvalue weighted by molar-refractivity contribution is 5.84. The van der Waals surface area contributed by atoms with Crippen LogP contribution in [0.2, 0.25) is 0 Å². The van der Waals surface area contributed by atoms with Gasteiger partial charge < -0.3 is 4.98 Å². The van der Waals surface area contributed by atoms with Crippen molar-refractivity contribution >= 4 is 16.5 Å². The maximum absolute atomic E-state index is 4.66. The van der Waals surface area contributed by atoms with Gasteiger partial charge in [0, 0.05) is 23.8 Å². The van der Waals surface area contributed by atoms with E-state index in [-0.39, 0.29) is 0 Å². The van der Waals surface area contributed by atoms with E-state index in [1.54, 1.807) is 0 Å². The second-order valence-electron chi connectivity index (χ2n) is 6.67. The fourth-order valence-corrected chi connectivity index (χ4v) is 3.46. The molecule has 0 unspecified atom stereocenters. The Balaban J connectivity index is 1.65. The van der Waals surface area contributed by atoms with E-state index in [0.717, 1.165) is 36.0 Å². The molecule has 3 nitrogen and oxygen atoms in total. The lowest BCUT2D eigenvalue weighted by atomic mass is 9.98. The van der Waals surface area contributed by atoms with Crippen LogP contribution in [0.5, 0.6) is 0 Å². The largest absolute Gasteiger partial charge is 0.361 e. The Hall–Kier alpha value is -3.07. The molecule has 4 aromatic rings. The summed E-state index contributed by atoms with van der Waals surface area (Å²) in [6, 6.07) is 18.9. The Morgan fingerprint density at radius 3 is 2.77 bits per heavy atom. The predicted molar refractivity (Wildman–Crippen MR) is 109 cm³/mol. The highest BCUT2D eigenvalue weighted by atomic mass is 15.3. The van der Waals surface area contributed by atoms with Crippen molar-refractivity contribution in [1.29, 1.82) is 0 Å². The van der Waals surface area contributed by atoms with Crippen molar-refractivity contribution in [2.75, 3.05) is 0 Å². The van der Waals surface area contributed by atoms with Crippen LogP contribution in [0.15, 0.2) is 73.6 Å². The summed E-state index contributed by atoms with van der Waals surface area (Å²) in [5.74, 6) is 0. The van der Waals surface area contributed by atoms with Gasteiger partial charge in [0.15, 0.2) is 0 Å². The number of nitrogens with one attached hydrogen (secondary N) is 1. The Morgan fingerprint density at radius 2 is 1.96 bits per heavy atom. The molecule has 0 radical (unpaired) electrons. The SMILES string of the molecule is C=C(Cc1cnn(-c2ccccc2)c1CCC)c1ccc2[nH]ccc2c1. The Labute approximate surface area is 154 Å². The molecular weight excluding hydrogens is 318 g/mol. The molecule has 0 bridgehead atoms. The number of rotatable bonds is 6. The van der Waals surface area contributed by atoms with E-state index in [0.29, 0.717) is 0 Å². The third-order valence-corrected chi connectivity index (χ3v) is 4.81. The van der Waals surface area contributed by atoms with Crippen LogP contribution in [0.3, 0.4) is 0 Å². The summed E-state index contributed by atoms with van der Waals surface area (Å²) < 4.78 is 2.07. The average Bonchev–Trinajstić information content (AvgIpc) is 3.29. The summed E-state index contributed by atoms with van der Waals surface area (Å²) in [6.45, 7) is 6.56. The van der Waals surface area contributed by atoms with Gasteiger partial charge in [-0.3, -0.25) is 0 Å². The topological polar surface area (TPSA) is 33.6 Å². The lowest BCUT2D eigenvalue weighted by Crippen LogP contribution is -2.04. The van der Waals surface area contributed by atoms with Crippen molar-refractivity contribution < 1.29 is 0 Å². The van der Waals surface area contributed by atoms with E-state index in [2.05, 4.69) is 76.8 Å². The maximum atomic E-state index is 4.66. The molecule has 0 atom stereocenters. The number of fused-ring (bicyclic) bond motifs is 1. The number of para-hydroxylation sites is 1. The van der Waals surface area contributed by atoms with E-state index in [9.17, 15) is 0 Å². The summed E-state index contributed by atoms with van der Waals surface area (Å²) >= 11 is 0. The Morgan fingerprint density at radius 1 is 1.12 bits per heavy atom. The fraction of sp³-hybridized carbons (Fsp3) is 0.174. The van der Waals surface area contributed by atoms with Gasteiger partial charge >= 0.3 is 0 Å². The first-order chi connectivity index (χ1) is 12.8. The Bertz CT molecular complexity index is 1040.